The maximum absolute atomic E-state index is 13.5. The zero-order chi connectivity index (χ0) is 30.7. The van der Waals surface area contributed by atoms with E-state index in [1.54, 1.807) is 24.3 Å². The van der Waals surface area contributed by atoms with E-state index in [2.05, 4.69) is 39.4 Å². The molecular weight excluding hydrogens is 550 g/mol. The van der Waals surface area contributed by atoms with Crippen molar-refractivity contribution in [1.29, 1.82) is 0 Å². The van der Waals surface area contributed by atoms with Crippen molar-refractivity contribution in [1.82, 2.24) is 15.0 Å². The summed E-state index contributed by atoms with van der Waals surface area (Å²) in [6.07, 6.45) is 3.97. The lowest BCUT2D eigenvalue weighted by molar-refractivity contribution is 0.0975. The van der Waals surface area contributed by atoms with Gasteiger partial charge in [0, 0.05) is 30.0 Å². The number of aromatic hydroxyl groups is 2. The molecular formula is C31H33N7O5. The van der Waals surface area contributed by atoms with Crippen LogP contribution in [0.5, 0.6) is 23.3 Å². The van der Waals surface area contributed by atoms with E-state index >= 15 is 0 Å². The molecule has 0 saturated heterocycles. The topological polar surface area (TPSA) is 199 Å². The first-order valence-corrected chi connectivity index (χ1v) is 14.1. The lowest BCUT2D eigenvalue weighted by Gasteiger charge is -2.23. The van der Waals surface area contributed by atoms with Crippen molar-refractivity contribution >= 4 is 34.8 Å². The van der Waals surface area contributed by atoms with Crippen molar-refractivity contribution in [3.63, 3.8) is 0 Å². The molecule has 0 fully saturated rings. The molecule has 1 aliphatic carbocycles. The van der Waals surface area contributed by atoms with Gasteiger partial charge in [0.25, 0.3) is 0 Å². The number of unbranched alkanes of at least 4 members (excludes halogenated alkanes) is 2. The van der Waals surface area contributed by atoms with Gasteiger partial charge in [-0.05, 0) is 48.7 Å². The number of nitrogens with zero attached hydrogens (tertiary/aromatic N) is 3. The molecule has 3 aromatic carbocycles. The summed E-state index contributed by atoms with van der Waals surface area (Å²) in [5, 5.41) is 27.9. The molecule has 1 heterocycles. The number of phenols is 2. The molecule has 0 saturated carbocycles. The van der Waals surface area contributed by atoms with Gasteiger partial charge in [-0.25, -0.2) is 0 Å². The Hall–Kier alpha value is -5.39. The fraction of sp³-hybridized carbons (Fsp3) is 0.258. The summed E-state index contributed by atoms with van der Waals surface area (Å²) in [5.41, 5.74) is 12.1. The number of phenolic OH excluding ortho intramolecular Hbond substituents is 2. The minimum absolute atomic E-state index is 0.00690. The average molecular weight is 584 g/mol. The number of nitrogens with one attached hydrogen (secondary N) is 2. The van der Waals surface area contributed by atoms with Crippen molar-refractivity contribution in [2.24, 2.45) is 0 Å². The first-order chi connectivity index (χ1) is 20.7. The van der Waals surface area contributed by atoms with Crippen LogP contribution >= 0.6 is 0 Å². The summed E-state index contributed by atoms with van der Waals surface area (Å²) in [6.45, 7) is 5.62. The summed E-state index contributed by atoms with van der Waals surface area (Å²) in [7, 11) is 0. The summed E-state index contributed by atoms with van der Waals surface area (Å²) in [5.74, 6) is -0.989. The molecule has 222 valence electrons. The highest BCUT2D eigenvalue weighted by Crippen LogP contribution is 2.45. The minimum Gasteiger partial charge on any atom is -0.507 e. The summed E-state index contributed by atoms with van der Waals surface area (Å²) in [4.78, 5) is 39.9. The Morgan fingerprint density at radius 2 is 1.33 bits per heavy atom. The SMILES string of the molecule is CCCCNc1nc(NCCCC)nc(Oc2ccc(-c3cc(N)c4c(c3O)C(=O)c3c(N)ccc(O)c3C4=O)cc2)n1. The van der Waals surface area contributed by atoms with Crippen molar-refractivity contribution in [3.8, 4) is 34.4 Å². The molecule has 43 heavy (non-hydrogen) atoms. The third-order valence-electron chi connectivity index (χ3n) is 7.07. The molecule has 1 aliphatic rings. The molecule has 0 atom stereocenters. The van der Waals surface area contributed by atoms with Gasteiger partial charge in [0.15, 0.2) is 0 Å². The normalized spacial score (nSPS) is 12.0. The number of hydrogen-bond acceptors (Lipinski definition) is 12. The van der Waals surface area contributed by atoms with Crippen LogP contribution in [0.25, 0.3) is 11.1 Å². The molecule has 0 amide bonds. The number of aromatic nitrogens is 3. The van der Waals surface area contributed by atoms with Gasteiger partial charge in [-0.1, -0.05) is 38.8 Å². The lowest BCUT2D eigenvalue weighted by atomic mass is 9.80. The predicted octanol–water partition coefficient (Wildman–Crippen LogP) is 5.11. The largest absolute Gasteiger partial charge is 0.507 e. The number of rotatable bonds is 11. The molecule has 8 N–H and O–H groups in total. The third kappa shape index (κ3) is 5.71. The first-order valence-electron chi connectivity index (χ1n) is 14.1. The number of fused-ring (bicyclic) bond motifs is 2. The van der Waals surface area contributed by atoms with Gasteiger partial charge in [0.1, 0.15) is 17.2 Å². The van der Waals surface area contributed by atoms with Gasteiger partial charge in [-0.15, -0.1) is 0 Å². The number of hydrogen-bond donors (Lipinski definition) is 6. The molecule has 4 aromatic rings. The van der Waals surface area contributed by atoms with Crippen LogP contribution in [0.2, 0.25) is 0 Å². The van der Waals surface area contributed by atoms with Crippen molar-refractivity contribution in [2.75, 3.05) is 35.2 Å². The van der Waals surface area contributed by atoms with Gasteiger partial charge in [0.05, 0.1) is 22.3 Å². The molecule has 0 radical (unpaired) electrons. The Kier molecular flexibility index (Phi) is 8.28. The zero-order valence-corrected chi connectivity index (χ0v) is 23.9. The molecule has 0 unspecified atom stereocenters. The van der Waals surface area contributed by atoms with E-state index in [0.29, 0.717) is 36.3 Å². The van der Waals surface area contributed by atoms with Crippen LogP contribution < -0.4 is 26.8 Å². The van der Waals surface area contributed by atoms with Gasteiger partial charge in [-0.2, -0.15) is 15.0 Å². The van der Waals surface area contributed by atoms with E-state index in [9.17, 15) is 19.8 Å². The van der Waals surface area contributed by atoms with Crippen LogP contribution in [0.3, 0.4) is 0 Å². The number of ether oxygens (including phenoxy) is 1. The molecule has 0 bridgehead atoms. The first kappa shape index (κ1) is 29.1. The summed E-state index contributed by atoms with van der Waals surface area (Å²) < 4.78 is 5.94. The number of carbonyl (C=O) groups excluding carboxylic acids is 2. The van der Waals surface area contributed by atoms with Crippen LogP contribution in [-0.2, 0) is 0 Å². The highest BCUT2D eigenvalue weighted by atomic mass is 16.5. The second kappa shape index (κ2) is 12.2. The molecule has 5 rings (SSSR count). The Morgan fingerprint density at radius 3 is 1.93 bits per heavy atom. The van der Waals surface area contributed by atoms with E-state index in [-0.39, 0.29) is 45.2 Å². The Morgan fingerprint density at radius 1 is 0.744 bits per heavy atom. The third-order valence-corrected chi connectivity index (χ3v) is 7.07. The smallest absolute Gasteiger partial charge is 0.328 e. The van der Waals surface area contributed by atoms with Crippen LogP contribution in [0.4, 0.5) is 23.3 Å². The highest BCUT2D eigenvalue weighted by Gasteiger charge is 2.38. The maximum atomic E-state index is 13.5. The molecule has 12 heteroatoms. The monoisotopic (exact) mass is 583 g/mol. The second-order valence-electron chi connectivity index (χ2n) is 10.1. The van der Waals surface area contributed by atoms with Crippen molar-refractivity contribution in [3.05, 3.63) is 64.7 Å². The van der Waals surface area contributed by atoms with Gasteiger partial charge < -0.3 is 37.1 Å². The molecule has 12 nitrogen and oxygen atoms in total. The van der Waals surface area contributed by atoms with E-state index in [4.69, 9.17) is 16.2 Å². The van der Waals surface area contributed by atoms with Gasteiger partial charge in [0.2, 0.25) is 23.5 Å². The predicted molar refractivity (Wildman–Crippen MR) is 164 cm³/mol. The number of nitrogen functional groups attached to an aromatic ring is 2. The summed E-state index contributed by atoms with van der Waals surface area (Å²) in [6, 6.07) is 10.7. The van der Waals surface area contributed by atoms with Gasteiger partial charge >= 0.3 is 6.01 Å². The van der Waals surface area contributed by atoms with E-state index in [1.165, 1.54) is 18.2 Å². The minimum atomic E-state index is -0.703. The van der Waals surface area contributed by atoms with E-state index in [0.717, 1.165) is 25.7 Å². The van der Waals surface area contributed by atoms with Crippen LogP contribution in [0, 0.1) is 0 Å². The molecule has 0 spiro atoms. The van der Waals surface area contributed by atoms with Crippen molar-refractivity contribution < 1.29 is 24.5 Å². The quantitative estimate of drug-likeness (QED) is 0.0683. The highest BCUT2D eigenvalue weighted by molar-refractivity contribution is 6.33. The number of carbonyl (C=O) groups is 2. The number of ketones is 2. The summed E-state index contributed by atoms with van der Waals surface area (Å²) >= 11 is 0. The maximum Gasteiger partial charge on any atom is 0.328 e. The fourth-order valence-electron chi connectivity index (χ4n) is 4.83. The second-order valence-corrected chi connectivity index (χ2v) is 10.1. The van der Waals surface area contributed by atoms with E-state index < -0.39 is 23.1 Å². The number of benzene rings is 3. The molecule has 0 aliphatic heterocycles. The number of anilines is 4. The Balaban J connectivity index is 1.44. The van der Waals surface area contributed by atoms with Crippen molar-refractivity contribution in [2.45, 2.75) is 39.5 Å². The van der Waals surface area contributed by atoms with Crippen LogP contribution in [0.1, 0.15) is 71.4 Å². The van der Waals surface area contributed by atoms with E-state index in [1.807, 2.05) is 0 Å². The lowest BCUT2D eigenvalue weighted by Crippen LogP contribution is -2.24. The standard InChI is InChI=1S/C31H33N7O5/c1-3-5-13-34-29-36-30(35-14-6-4-2)38-31(37-29)43-17-9-7-16(8-10-17)18-15-20(33)23-25(26(18)40)28(42)22-19(32)11-12-21(39)24(22)27(23)41/h7-12,15,39-40H,3-6,13-14,32-33H2,1-2H3,(H2,34,35,36,37,38). The number of nitrogens with two attached hydrogens (primary N) is 2. The Bertz CT molecular complexity index is 1680. The Labute approximate surface area is 248 Å². The fourth-order valence-corrected chi connectivity index (χ4v) is 4.83. The average Bonchev–Trinajstić information content (AvgIpc) is 2.98. The zero-order valence-electron chi connectivity index (χ0n) is 23.9. The van der Waals surface area contributed by atoms with Crippen LogP contribution in [0.15, 0.2) is 42.5 Å². The van der Waals surface area contributed by atoms with Gasteiger partial charge in [-0.3, -0.25) is 9.59 Å². The van der Waals surface area contributed by atoms with Crippen LogP contribution in [-0.4, -0.2) is 49.8 Å². The molecule has 1 aromatic heterocycles.